The topological polar surface area (TPSA) is 87.3 Å². The molecule has 1 aliphatic heterocycles. The number of anilines is 2. The highest BCUT2D eigenvalue weighted by Gasteiger charge is 2.23. The van der Waals surface area contributed by atoms with E-state index in [9.17, 15) is 0 Å². The number of halogens is 1. The van der Waals surface area contributed by atoms with E-state index >= 15 is 0 Å². The Hall–Kier alpha value is -0.920. The SMILES string of the molecule is NNc1ncnc(N2CCCC(CCO)C2)c1Br. The van der Waals surface area contributed by atoms with Gasteiger partial charge in [-0.15, -0.1) is 0 Å². The largest absolute Gasteiger partial charge is 0.396 e. The maximum Gasteiger partial charge on any atom is 0.159 e. The number of aromatic nitrogens is 2. The molecule has 6 nitrogen and oxygen atoms in total. The van der Waals surface area contributed by atoms with Crippen LogP contribution in [0.25, 0.3) is 0 Å². The number of hydrazine groups is 1. The molecule has 2 heterocycles. The zero-order valence-electron chi connectivity index (χ0n) is 10.1. The van der Waals surface area contributed by atoms with Gasteiger partial charge in [0.15, 0.2) is 5.82 Å². The highest BCUT2D eigenvalue weighted by Crippen LogP contribution is 2.32. The summed E-state index contributed by atoms with van der Waals surface area (Å²) >= 11 is 3.48. The van der Waals surface area contributed by atoms with Gasteiger partial charge in [-0.2, -0.15) is 0 Å². The van der Waals surface area contributed by atoms with Crippen molar-refractivity contribution in [2.24, 2.45) is 11.8 Å². The number of piperidine rings is 1. The van der Waals surface area contributed by atoms with Crippen LogP contribution >= 0.6 is 15.9 Å². The van der Waals surface area contributed by atoms with Crippen LogP contribution in [0.2, 0.25) is 0 Å². The van der Waals surface area contributed by atoms with Gasteiger partial charge >= 0.3 is 0 Å². The molecule has 1 fully saturated rings. The molecule has 0 bridgehead atoms. The van der Waals surface area contributed by atoms with Gasteiger partial charge in [0.25, 0.3) is 0 Å². The van der Waals surface area contributed by atoms with E-state index < -0.39 is 0 Å². The molecule has 1 aromatic heterocycles. The Morgan fingerprint density at radius 3 is 3.11 bits per heavy atom. The second-order valence-corrected chi connectivity index (χ2v) is 5.26. The van der Waals surface area contributed by atoms with Gasteiger partial charge in [-0.3, -0.25) is 0 Å². The zero-order valence-corrected chi connectivity index (χ0v) is 11.7. The lowest BCUT2D eigenvalue weighted by molar-refractivity contribution is 0.244. The lowest BCUT2D eigenvalue weighted by Gasteiger charge is -2.34. The van der Waals surface area contributed by atoms with E-state index in [2.05, 4.69) is 36.2 Å². The van der Waals surface area contributed by atoms with Crippen molar-refractivity contribution in [1.82, 2.24) is 9.97 Å². The Balaban J connectivity index is 2.15. The minimum Gasteiger partial charge on any atom is -0.396 e. The van der Waals surface area contributed by atoms with Gasteiger partial charge in [-0.1, -0.05) is 0 Å². The van der Waals surface area contributed by atoms with Gasteiger partial charge in [0.05, 0.1) is 0 Å². The smallest absolute Gasteiger partial charge is 0.159 e. The second-order valence-electron chi connectivity index (χ2n) is 4.47. The Kier molecular flexibility index (Phi) is 4.73. The first kappa shape index (κ1) is 13.5. The van der Waals surface area contributed by atoms with E-state index in [1.54, 1.807) is 0 Å². The van der Waals surface area contributed by atoms with Gasteiger partial charge < -0.3 is 15.4 Å². The van der Waals surface area contributed by atoms with E-state index in [1.807, 2.05) is 0 Å². The van der Waals surface area contributed by atoms with Crippen LogP contribution in [0.3, 0.4) is 0 Å². The molecule has 0 amide bonds. The Bertz CT molecular complexity index is 401. The van der Waals surface area contributed by atoms with Crippen molar-refractivity contribution in [3.8, 4) is 0 Å². The van der Waals surface area contributed by atoms with Crippen molar-refractivity contribution in [2.75, 3.05) is 30.0 Å². The van der Waals surface area contributed by atoms with Crippen molar-refractivity contribution in [3.63, 3.8) is 0 Å². The van der Waals surface area contributed by atoms with E-state index in [0.717, 1.165) is 36.2 Å². The number of rotatable bonds is 4. The van der Waals surface area contributed by atoms with Gasteiger partial charge in [0, 0.05) is 19.7 Å². The maximum absolute atomic E-state index is 9.03. The number of hydrogen-bond donors (Lipinski definition) is 3. The molecule has 1 unspecified atom stereocenters. The third-order valence-electron chi connectivity index (χ3n) is 3.26. The van der Waals surface area contributed by atoms with Crippen molar-refractivity contribution < 1.29 is 5.11 Å². The number of aliphatic hydroxyl groups excluding tert-OH is 1. The van der Waals surface area contributed by atoms with Crippen molar-refractivity contribution in [3.05, 3.63) is 10.8 Å². The minimum absolute atomic E-state index is 0.249. The lowest BCUT2D eigenvalue weighted by Crippen LogP contribution is -2.36. The van der Waals surface area contributed by atoms with Crippen LogP contribution in [0, 0.1) is 5.92 Å². The summed E-state index contributed by atoms with van der Waals surface area (Å²) in [5, 5.41) is 9.03. The van der Waals surface area contributed by atoms with Crippen LogP contribution in [0.5, 0.6) is 0 Å². The number of nitrogens with one attached hydrogen (secondary N) is 1. The van der Waals surface area contributed by atoms with Gasteiger partial charge in [-0.05, 0) is 41.1 Å². The Morgan fingerprint density at radius 1 is 1.56 bits per heavy atom. The number of hydrogen-bond acceptors (Lipinski definition) is 6. The monoisotopic (exact) mass is 315 g/mol. The zero-order chi connectivity index (χ0) is 13.0. The van der Waals surface area contributed by atoms with E-state index in [-0.39, 0.29) is 6.61 Å². The lowest BCUT2D eigenvalue weighted by atomic mass is 9.95. The average molecular weight is 316 g/mol. The summed E-state index contributed by atoms with van der Waals surface area (Å²) in [7, 11) is 0. The molecule has 0 radical (unpaired) electrons. The van der Waals surface area contributed by atoms with Crippen LogP contribution in [0.4, 0.5) is 11.6 Å². The summed E-state index contributed by atoms with van der Waals surface area (Å²) in [4.78, 5) is 10.6. The molecule has 0 aliphatic carbocycles. The quantitative estimate of drug-likeness (QED) is 0.570. The van der Waals surface area contributed by atoms with Gasteiger partial charge in [-0.25, -0.2) is 15.8 Å². The molecule has 1 saturated heterocycles. The van der Waals surface area contributed by atoms with Crippen LogP contribution in [-0.2, 0) is 0 Å². The first-order chi connectivity index (χ1) is 8.76. The van der Waals surface area contributed by atoms with Crippen LogP contribution in [-0.4, -0.2) is 34.8 Å². The summed E-state index contributed by atoms with van der Waals surface area (Å²) < 4.78 is 0.789. The van der Waals surface area contributed by atoms with Gasteiger partial charge in [0.2, 0.25) is 0 Å². The van der Waals surface area contributed by atoms with Crippen LogP contribution in [0.15, 0.2) is 10.8 Å². The van der Waals surface area contributed by atoms with Crippen molar-refractivity contribution >= 4 is 27.6 Å². The van der Waals surface area contributed by atoms with Crippen molar-refractivity contribution in [2.45, 2.75) is 19.3 Å². The predicted molar refractivity (Wildman–Crippen MR) is 74.2 cm³/mol. The molecule has 18 heavy (non-hydrogen) atoms. The fraction of sp³-hybridized carbons (Fsp3) is 0.636. The summed E-state index contributed by atoms with van der Waals surface area (Å²) in [5.74, 6) is 7.38. The number of nitrogen functional groups attached to an aromatic ring is 1. The molecule has 1 aromatic rings. The number of aliphatic hydroxyl groups is 1. The predicted octanol–water partition coefficient (Wildman–Crippen LogP) is 1.12. The molecule has 2 rings (SSSR count). The third-order valence-corrected chi connectivity index (χ3v) is 3.99. The number of nitrogens with zero attached hydrogens (tertiary/aromatic N) is 3. The molecular weight excluding hydrogens is 298 g/mol. The highest BCUT2D eigenvalue weighted by atomic mass is 79.9. The van der Waals surface area contributed by atoms with Crippen LogP contribution in [0.1, 0.15) is 19.3 Å². The molecule has 4 N–H and O–H groups in total. The fourth-order valence-electron chi connectivity index (χ4n) is 2.36. The van der Waals surface area contributed by atoms with Gasteiger partial charge in [0.1, 0.15) is 16.6 Å². The maximum atomic E-state index is 9.03. The first-order valence-corrected chi connectivity index (χ1v) is 6.88. The van der Waals surface area contributed by atoms with Crippen LogP contribution < -0.4 is 16.2 Å². The number of nitrogens with two attached hydrogens (primary N) is 1. The highest BCUT2D eigenvalue weighted by molar-refractivity contribution is 9.10. The minimum atomic E-state index is 0.249. The van der Waals surface area contributed by atoms with E-state index in [1.165, 1.54) is 12.7 Å². The normalized spacial score (nSPS) is 19.9. The standard InChI is InChI=1S/C11H18BrN5O/c12-9-10(16-13)14-7-15-11(9)17-4-1-2-8(6-17)3-5-18/h7-8,18H,1-6,13H2,(H,14,15,16). The molecule has 0 spiro atoms. The molecular formula is C11H18BrN5O. The third kappa shape index (κ3) is 2.90. The first-order valence-electron chi connectivity index (χ1n) is 6.09. The molecule has 0 aromatic carbocycles. The average Bonchev–Trinajstić information content (AvgIpc) is 2.40. The Morgan fingerprint density at radius 2 is 2.39 bits per heavy atom. The van der Waals surface area contributed by atoms with Crippen molar-refractivity contribution in [1.29, 1.82) is 0 Å². The summed E-state index contributed by atoms with van der Waals surface area (Å²) in [5.41, 5.74) is 2.55. The molecule has 1 atom stereocenters. The molecule has 1 aliphatic rings. The summed E-state index contributed by atoms with van der Waals surface area (Å²) in [6, 6.07) is 0. The Labute approximate surface area is 115 Å². The van der Waals surface area contributed by atoms with E-state index in [4.69, 9.17) is 10.9 Å². The summed E-state index contributed by atoms with van der Waals surface area (Å²) in [6.45, 7) is 2.14. The molecule has 0 saturated carbocycles. The summed E-state index contributed by atoms with van der Waals surface area (Å²) in [6.07, 6.45) is 4.64. The molecule has 7 heteroatoms. The fourth-order valence-corrected chi connectivity index (χ4v) is 2.93. The second kappa shape index (κ2) is 6.31. The van der Waals surface area contributed by atoms with E-state index in [0.29, 0.717) is 11.7 Å². The molecule has 100 valence electrons.